The summed E-state index contributed by atoms with van der Waals surface area (Å²) in [4.78, 5) is 22.2. The summed E-state index contributed by atoms with van der Waals surface area (Å²) in [6.07, 6.45) is 2.23. The molecule has 0 radical (unpaired) electrons. The quantitative estimate of drug-likeness (QED) is 0.721. The fraction of sp³-hybridized carbons (Fsp3) is 0.385. The smallest absolute Gasteiger partial charge is 0.323 e. The molecular formula is C13H16N2O3. The van der Waals surface area contributed by atoms with Crippen LogP contribution in [0.15, 0.2) is 24.3 Å². The van der Waals surface area contributed by atoms with E-state index < -0.39 is 17.4 Å². The number of carbonyl (C=O) groups excluding carboxylic acids is 1. The number of hydrogen-bond donors (Lipinski definition) is 3. The van der Waals surface area contributed by atoms with Crippen LogP contribution in [0.25, 0.3) is 0 Å². The summed E-state index contributed by atoms with van der Waals surface area (Å²) in [6.45, 7) is 0.424. The van der Waals surface area contributed by atoms with Gasteiger partial charge in [0.15, 0.2) is 0 Å². The molecule has 96 valence electrons. The molecule has 1 aromatic carbocycles. The predicted molar refractivity (Wildman–Crippen MR) is 66.0 cm³/mol. The highest BCUT2D eigenvalue weighted by Gasteiger charge is 2.43. The monoisotopic (exact) mass is 248 g/mol. The molecule has 0 bridgehead atoms. The van der Waals surface area contributed by atoms with Gasteiger partial charge in [-0.1, -0.05) is 12.1 Å². The summed E-state index contributed by atoms with van der Waals surface area (Å²) in [5, 5.41) is 12.2. The normalized spacial score (nSPS) is 16.9. The lowest BCUT2D eigenvalue weighted by atomic mass is 9.76. The van der Waals surface area contributed by atoms with Gasteiger partial charge in [0, 0.05) is 12.1 Å². The van der Waals surface area contributed by atoms with Crippen LogP contribution in [0.4, 0.5) is 0 Å². The molecule has 5 nitrogen and oxygen atoms in total. The first-order valence-corrected chi connectivity index (χ1v) is 5.91. The van der Waals surface area contributed by atoms with Crippen LogP contribution in [-0.2, 0) is 11.3 Å². The number of benzene rings is 1. The molecule has 0 aromatic heterocycles. The van der Waals surface area contributed by atoms with Crippen molar-refractivity contribution >= 4 is 11.9 Å². The average molecular weight is 248 g/mol. The second-order valence-corrected chi connectivity index (χ2v) is 4.66. The van der Waals surface area contributed by atoms with Gasteiger partial charge >= 0.3 is 5.97 Å². The Morgan fingerprint density at radius 2 is 2.11 bits per heavy atom. The molecule has 0 unspecified atom stereocenters. The Morgan fingerprint density at radius 3 is 2.61 bits per heavy atom. The summed E-state index contributed by atoms with van der Waals surface area (Å²) in [5.74, 6) is -1.28. The van der Waals surface area contributed by atoms with Crippen LogP contribution in [0.2, 0.25) is 0 Å². The number of aliphatic carboxylic acids is 1. The van der Waals surface area contributed by atoms with Crippen molar-refractivity contribution in [3.63, 3.8) is 0 Å². The molecule has 1 amide bonds. The molecule has 0 heterocycles. The number of carboxylic acid groups (broad SMARTS) is 1. The first-order valence-electron chi connectivity index (χ1n) is 5.91. The number of nitrogens with two attached hydrogens (primary N) is 1. The fourth-order valence-corrected chi connectivity index (χ4v) is 2.10. The lowest BCUT2D eigenvalue weighted by Gasteiger charge is -2.38. The van der Waals surface area contributed by atoms with Crippen LogP contribution < -0.4 is 11.1 Å². The Hall–Kier alpha value is -1.88. The molecular weight excluding hydrogens is 232 g/mol. The van der Waals surface area contributed by atoms with Crippen LogP contribution in [0.5, 0.6) is 0 Å². The minimum Gasteiger partial charge on any atom is -0.480 e. The van der Waals surface area contributed by atoms with Crippen LogP contribution in [0, 0.1) is 0 Å². The third-order valence-corrected chi connectivity index (χ3v) is 3.46. The van der Waals surface area contributed by atoms with Crippen molar-refractivity contribution in [2.45, 2.75) is 31.3 Å². The van der Waals surface area contributed by atoms with E-state index in [0.29, 0.717) is 24.9 Å². The van der Waals surface area contributed by atoms with E-state index in [4.69, 9.17) is 10.8 Å². The van der Waals surface area contributed by atoms with Gasteiger partial charge < -0.3 is 10.8 Å². The van der Waals surface area contributed by atoms with E-state index in [0.717, 1.165) is 12.0 Å². The Bertz CT molecular complexity index is 481. The van der Waals surface area contributed by atoms with Crippen LogP contribution >= 0.6 is 0 Å². The molecule has 1 aromatic rings. The van der Waals surface area contributed by atoms with Crippen molar-refractivity contribution in [2.24, 2.45) is 5.73 Å². The molecule has 1 fully saturated rings. The lowest BCUT2D eigenvalue weighted by molar-refractivity contribution is -0.148. The van der Waals surface area contributed by atoms with Gasteiger partial charge in [0.1, 0.15) is 5.54 Å². The predicted octanol–water partition coefficient (Wildman–Crippen LogP) is 0.882. The van der Waals surface area contributed by atoms with E-state index in [1.54, 1.807) is 18.2 Å². The van der Waals surface area contributed by atoms with Crippen molar-refractivity contribution < 1.29 is 14.7 Å². The number of hydrogen-bond acceptors (Lipinski definition) is 3. The maximum absolute atomic E-state index is 11.2. The highest BCUT2D eigenvalue weighted by atomic mass is 16.4. The standard InChI is InChI=1S/C13H16N2O3/c14-11(16)10-4-1-3-9(7-10)8-15-13(12(17)18)5-2-6-13/h1,3-4,7,15H,2,5-6,8H2,(H2,14,16)(H,17,18). The number of carbonyl (C=O) groups is 2. The molecule has 0 aliphatic heterocycles. The summed E-state index contributed by atoms with van der Waals surface area (Å²) >= 11 is 0. The Labute approximate surface area is 105 Å². The van der Waals surface area contributed by atoms with Gasteiger partial charge in [-0.2, -0.15) is 0 Å². The topological polar surface area (TPSA) is 92.4 Å². The zero-order chi connectivity index (χ0) is 13.2. The molecule has 5 heteroatoms. The highest BCUT2D eigenvalue weighted by molar-refractivity contribution is 5.92. The molecule has 2 rings (SSSR count). The number of nitrogens with one attached hydrogen (secondary N) is 1. The van der Waals surface area contributed by atoms with Crippen molar-refractivity contribution in [1.82, 2.24) is 5.32 Å². The Kier molecular flexibility index (Phi) is 3.34. The first-order chi connectivity index (χ1) is 8.53. The van der Waals surface area contributed by atoms with Gasteiger partial charge in [0.2, 0.25) is 5.91 Å². The molecule has 18 heavy (non-hydrogen) atoms. The third-order valence-electron chi connectivity index (χ3n) is 3.46. The summed E-state index contributed by atoms with van der Waals surface area (Å²) in [6, 6.07) is 6.91. The minimum atomic E-state index is -0.806. The van der Waals surface area contributed by atoms with Gasteiger partial charge in [-0.3, -0.25) is 14.9 Å². The second-order valence-electron chi connectivity index (χ2n) is 4.66. The number of primary amides is 1. The molecule has 1 aliphatic rings. The van der Waals surface area contributed by atoms with E-state index in [1.165, 1.54) is 0 Å². The second kappa shape index (κ2) is 4.78. The molecule has 0 spiro atoms. The van der Waals surface area contributed by atoms with E-state index in [1.807, 2.05) is 6.07 Å². The van der Waals surface area contributed by atoms with Gasteiger partial charge in [-0.05, 0) is 37.0 Å². The van der Waals surface area contributed by atoms with Crippen molar-refractivity contribution in [2.75, 3.05) is 0 Å². The summed E-state index contributed by atoms with van der Waals surface area (Å²) < 4.78 is 0. The van der Waals surface area contributed by atoms with Crippen LogP contribution in [0.1, 0.15) is 35.2 Å². The third kappa shape index (κ3) is 2.36. The number of amides is 1. The molecule has 0 saturated heterocycles. The number of carboxylic acids is 1. The van der Waals surface area contributed by atoms with Gasteiger partial charge in [-0.25, -0.2) is 0 Å². The van der Waals surface area contributed by atoms with E-state index in [2.05, 4.69) is 5.32 Å². The van der Waals surface area contributed by atoms with Crippen molar-refractivity contribution in [1.29, 1.82) is 0 Å². The average Bonchev–Trinajstić information content (AvgIpc) is 2.27. The minimum absolute atomic E-state index is 0.424. The first kappa shape index (κ1) is 12.6. The largest absolute Gasteiger partial charge is 0.480 e. The zero-order valence-electron chi connectivity index (χ0n) is 9.98. The van der Waals surface area contributed by atoms with Gasteiger partial charge in [-0.15, -0.1) is 0 Å². The maximum atomic E-state index is 11.2. The summed E-state index contributed by atoms with van der Waals surface area (Å²) in [7, 11) is 0. The molecule has 4 N–H and O–H groups in total. The van der Waals surface area contributed by atoms with Crippen molar-refractivity contribution in [3.8, 4) is 0 Å². The van der Waals surface area contributed by atoms with Crippen molar-refractivity contribution in [3.05, 3.63) is 35.4 Å². The molecule has 0 atom stereocenters. The van der Waals surface area contributed by atoms with E-state index in [-0.39, 0.29) is 0 Å². The Balaban J connectivity index is 2.04. The van der Waals surface area contributed by atoms with E-state index >= 15 is 0 Å². The SMILES string of the molecule is NC(=O)c1cccc(CNC2(C(=O)O)CCC2)c1. The highest BCUT2D eigenvalue weighted by Crippen LogP contribution is 2.32. The summed E-state index contributed by atoms with van der Waals surface area (Å²) in [5.41, 5.74) is 5.71. The van der Waals surface area contributed by atoms with Gasteiger partial charge in [0.05, 0.1) is 0 Å². The van der Waals surface area contributed by atoms with E-state index in [9.17, 15) is 9.59 Å². The van der Waals surface area contributed by atoms with Gasteiger partial charge in [0.25, 0.3) is 0 Å². The zero-order valence-corrected chi connectivity index (χ0v) is 9.98. The van der Waals surface area contributed by atoms with Crippen LogP contribution in [0.3, 0.4) is 0 Å². The Morgan fingerprint density at radius 1 is 1.39 bits per heavy atom. The molecule has 1 aliphatic carbocycles. The fourth-order valence-electron chi connectivity index (χ4n) is 2.10. The maximum Gasteiger partial charge on any atom is 0.323 e. The molecule has 1 saturated carbocycles. The lowest BCUT2D eigenvalue weighted by Crippen LogP contribution is -2.56. The number of rotatable bonds is 5. The van der Waals surface area contributed by atoms with Crippen LogP contribution in [-0.4, -0.2) is 22.5 Å².